The van der Waals surface area contributed by atoms with Crippen LogP contribution in [0.5, 0.6) is 0 Å². The van der Waals surface area contributed by atoms with Crippen molar-refractivity contribution in [2.24, 2.45) is 5.92 Å². The molecule has 0 aromatic heterocycles. The van der Waals surface area contributed by atoms with Gasteiger partial charge in [0.05, 0.1) is 11.3 Å². The number of hydrogen-bond donors (Lipinski definition) is 2. The van der Waals surface area contributed by atoms with Crippen LogP contribution >= 0.6 is 0 Å². The molecule has 0 atom stereocenters. The number of anilines is 1. The van der Waals surface area contributed by atoms with Crippen LogP contribution in [0, 0.1) is 11.7 Å². The summed E-state index contributed by atoms with van der Waals surface area (Å²) in [6.07, 6.45) is 6.20. The first-order valence-corrected chi connectivity index (χ1v) is 6.97. The summed E-state index contributed by atoms with van der Waals surface area (Å²) in [6, 6.07) is 4.54. The SMILES string of the molecule is CNc1c(F)cccc1C(=O)NCCC1CCCC1. The monoisotopic (exact) mass is 264 g/mol. The third kappa shape index (κ3) is 3.46. The number of nitrogens with one attached hydrogen (secondary N) is 2. The van der Waals surface area contributed by atoms with E-state index < -0.39 is 5.82 Å². The topological polar surface area (TPSA) is 41.1 Å². The second kappa shape index (κ2) is 6.55. The number of carbonyl (C=O) groups is 1. The molecule has 0 unspecified atom stereocenters. The maximum atomic E-state index is 13.5. The first-order valence-electron chi connectivity index (χ1n) is 6.97. The molecule has 0 aliphatic heterocycles. The average molecular weight is 264 g/mol. The normalized spacial score (nSPS) is 15.5. The standard InChI is InChI=1S/C15H21FN2O/c1-17-14-12(7-4-8-13(14)16)15(19)18-10-9-11-5-2-3-6-11/h4,7-8,11,17H,2-3,5-6,9-10H2,1H3,(H,18,19). The van der Waals surface area contributed by atoms with Crippen molar-refractivity contribution in [2.75, 3.05) is 18.9 Å². The van der Waals surface area contributed by atoms with Crippen molar-refractivity contribution < 1.29 is 9.18 Å². The van der Waals surface area contributed by atoms with Crippen molar-refractivity contribution >= 4 is 11.6 Å². The van der Waals surface area contributed by atoms with E-state index in [1.807, 2.05) is 0 Å². The van der Waals surface area contributed by atoms with Crippen LogP contribution in [0.3, 0.4) is 0 Å². The lowest BCUT2D eigenvalue weighted by Gasteiger charge is -2.12. The summed E-state index contributed by atoms with van der Waals surface area (Å²) in [5.41, 5.74) is 0.634. The zero-order valence-electron chi connectivity index (χ0n) is 11.3. The van der Waals surface area contributed by atoms with E-state index in [0.717, 1.165) is 12.3 Å². The van der Waals surface area contributed by atoms with Gasteiger partial charge in [-0.05, 0) is 24.5 Å². The van der Waals surface area contributed by atoms with Crippen molar-refractivity contribution in [3.63, 3.8) is 0 Å². The Morgan fingerprint density at radius 2 is 2.11 bits per heavy atom. The summed E-state index contributed by atoms with van der Waals surface area (Å²) in [6.45, 7) is 0.670. The third-order valence-corrected chi connectivity index (χ3v) is 3.82. The largest absolute Gasteiger partial charge is 0.385 e. The van der Waals surface area contributed by atoms with Crippen molar-refractivity contribution in [3.05, 3.63) is 29.6 Å². The van der Waals surface area contributed by atoms with Gasteiger partial charge >= 0.3 is 0 Å². The number of benzene rings is 1. The van der Waals surface area contributed by atoms with Crippen LogP contribution in [-0.4, -0.2) is 19.5 Å². The Kier molecular flexibility index (Phi) is 4.77. The molecule has 0 spiro atoms. The Bertz CT molecular complexity index is 442. The van der Waals surface area contributed by atoms with Gasteiger partial charge in [0.2, 0.25) is 0 Å². The molecule has 0 saturated heterocycles. The highest BCUT2D eigenvalue weighted by molar-refractivity contribution is 5.99. The lowest BCUT2D eigenvalue weighted by molar-refractivity contribution is 0.0952. The van der Waals surface area contributed by atoms with E-state index in [1.54, 1.807) is 19.2 Å². The lowest BCUT2D eigenvalue weighted by Crippen LogP contribution is -2.26. The Balaban J connectivity index is 1.90. The number of para-hydroxylation sites is 1. The molecule has 0 bridgehead atoms. The van der Waals surface area contributed by atoms with Crippen LogP contribution in [0.2, 0.25) is 0 Å². The maximum Gasteiger partial charge on any atom is 0.253 e. The highest BCUT2D eigenvalue weighted by Gasteiger charge is 2.16. The van der Waals surface area contributed by atoms with Crippen molar-refractivity contribution in [1.82, 2.24) is 5.32 Å². The van der Waals surface area contributed by atoms with Crippen molar-refractivity contribution in [3.8, 4) is 0 Å². The fourth-order valence-electron chi connectivity index (χ4n) is 2.75. The van der Waals surface area contributed by atoms with Gasteiger partial charge in [-0.2, -0.15) is 0 Å². The van der Waals surface area contributed by atoms with Crippen LogP contribution in [0.25, 0.3) is 0 Å². The van der Waals surface area contributed by atoms with Gasteiger partial charge in [-0.15, -0.1) is 0 Å². The highest BCUT2D eigenvalue weighted by Crippen LogP contribution is 2.27. The summed E-state index contributed by atoms with van der Waals surface area (Å²) in [5.74, 6) is 0.143. The first-order chi connectivity index (χ1) is 9.22. The number of rotatable bonds is 5. The molecule has 19 heavy (non-hydrogen) atoms. The Labute approximate surface area is 113 Å². The fourth-order valence-corrected chi connectivity index (χ4v) is 2.75. The van der Waals surface area contributed by atoms with E-state index >= 15 is 0 Å². The average Bonchev–Trinajstić information content (AvgIpc) is 2.91. The predicted octanol–water partition coefficient (Wildman–Crippen LogP) is 3.18. The first kappa shape index (κ1) is 13.8. The Morgan fingerprint density at radius 3 is 2.79 bits per heavy atom. The lowest BCUT2D eigenvalue weighted by atomic mass is 10.0. The summed E-state index contributed by atoms with van der Waals surface area (Å²) in [4.78, 5) is 12.0. The number of halogens is 1. The molecular formula is C15H21FN2O. The third-order valence-electron chi connectivity index (χ3n) is 3.82. The number of amides is 1. The minimum absolute atomic E-state index is 0.207. The van der Waals surface area contributed by atoms with Gasteiger partial charge in [-0.25, -0.2) is 4.39 Å². The summed E-state index contributed by atoms with van der Waals surface area (Å²) >= 11 is 0. The van der Waals surface area contributed by atoms with Gasteiger partial charge in [0.25, 0.3) is 5.91 Å². The molecular weight excluding hydrogens is 243 g/mol. The van der Waals surface area contributed by atoms with Crippen molar-refractivity contribution in [2.45, 2.75) is 32.1 Å². The molecule has 4 heteroatoms. The summed E-state index contributed by atoms with van der Waals surface area (Å²) in [7, 11) is 1.62. The van der Waals surface area contributed by atoms with E-state index in [2.05, 4.69) is 10.6 Å². The summed E-state index contributed by atoms with van der Waals surface area (Å²) < 4.78 is 13.5. The Hall–Kier alpha value is -1.58. The molecule has 0 radical (unpaired) electrons. The fraction of sp³-hybridized carbons (Fsp3) is 0.533. The molecule has 1 fully saturated rings. The van der Waals surface area contributed by atoms with Crippen molar-refractivity contribution in [1.29, 1.82) is 0 Å². The van der Waals surface area contributed by atoms with Crippen LogP contribution in [-0.2, 0) is 0 Å². The maximum absolute atomic E-state index is 13.5. The van der Waals surface area contributed by atoms with Gasteiger partial charge in [0.15, 0.2) is 0 Å². The van der Waals surface area contributed by atoms with Gasteiger partial charge in [0.1, 0.15) is 5.82 Å². The highest BCUT2D eigenvalue weighted by atomic mass is 19.1. The second-order valence-electron chi connectivity index (χ2n) is 5.11. The molecule has 1 amide bonds. The quantitative estimate of drug-likeness (QED) is 0.857. The molecule has 2 rings (SSSR count). The second-order valence-corrected chi connectivity index (χ2v) is 5.11. The molecule has 104 valence electrons. The van der Waals surface area contributed by atoms with Crippen LogP contribution in [0.1, 0.15) is 42.5 Å². The molecule has 0 heterocycles. The van der Waals surface area contributed by atoms with E-state index in [4.69, 9.17) is 0 Å². The molecule has 1 aromatic rings. The zero-order chi connectivity index (χ0) is 13.7. The smallest absolute Gasteiger partial charge is 0.253 e. The number of hydrogen-bond acceptors (Lipinski definition) is 2. The van der Waals surface area contributed by atoms with Crippen LogP contribution in [0.4, 0.5) is 10.1 Å². The minimum Gasteiger partial charge on any atom is -0.385 e. The van der Waals surface area contributed by atoms with Gasteiger partial charge in [0, 0.05) is 13.6 Å². The molecule has 1 aliphatic carbocycles. The molecule has 1 saturated carbocycles. The zero-order valence-corrected chi connectivity index (χ0v) is 11.3. The molecule has 2 N–H and O–H groups in total. The van der Waals surface area contributed by atoms with Gasteiger partial charge < -0.3 is 10.6 Å². The molecule has 1 aliphatic rings. The van der Waals surface area contributed by atoms with E-state index in [1.165, 1.54) is 31.7 Å². The minimum atomic E-state index is -0.397. The number of carbonyl (C=O) groups excluding carboxylic acids is 1. The van der Waals surface area contributed by atoms with Gasteiger partial charge in [-0.1, -0.05) is 31.7 Å². The van der Waals surface area contributed by atoms with E-state index in [-0.39, 0.29) is 11.6 Å². The molecule has 3 nitrogen and oxygen atoms in total. The van der Waals surface area contributed by atoms with E-state index in [0.29, 0.717) is 12.1 Å². The molecule has 1 aromatic carbocycles. The van der Waals surface area contributed by atoms with Gasteiger partial charge in [-0.3, -0.25) is 4.79 Å². The van der Waals surface area contributed by atoms with E-state index in [9.17, 15) is 9.18 Å². The van der Waals surface area contributed by atoms with Crippen LogP contribution in [0.15, 0.2) is 18.2 Å². The van der Waals surface area contributed by atoms with Crippen LogP contribution < -0.4 is 10.6 Å². The Morgan fingerprint density at radius 1 is 1.37 bits per heavy atom. The summed E-state index contributed by atoms with van der Waals surface area (Å²) in [5, 5.41) is 5.62. The predicted molar refractivity (Wildman–Crippen MR) is 74.9 cm³/mol.